The van der Waals surface area contributed by atoms with E-state index in [0.717, 1.165) is 11.1 Å². The molecule has 4 aliphatic carbocycles. The zero-order valence-electron chi connectivity index (χ0n) is 29.9. The summed E-state index contributed by atoms with van der Waals surface area (Å²) in [4.78, 5) is 0. The van der Waals surface area contributed by atoms with E-state index >= 15 is 0 Å². The summed E-state index contributed by atoms with van der Waals surface area (Å²) in [5, 5.41) is 0. The molecular weight excluding hydrogens is 741 g/mol. The van der Waals surface area contributed by atoms with E-state index in [4.69, 9.17) is 0 Å². The molecule has 4 aliphatic rings. The third-order valence-electron chi connectivity index (χ3n) is 11.2. The van der Waals surface area contributed by atoms with Crippen LogP contribution in [0.25, 0.3) is 22.3 Å². The number of hydrogen-bond acceptors (Lipinski definition) is 0. The van der Waals surface area contributed by atoms with Gasteiger partial charge in [0, 0.05) is 0 Å². The fraction of sp³-hybridized carbons (Fsp3) is 0.267. The first kappa shape index (κ1) is 36.8. The van der Waals surface area contributed by atoms with Crippen molar-refractivity contribution in [2.45, 2.75) is 69.8 Å². The number of allylic oxidation sites excluding steroid dienone is 8. The molecule has 0 heterocycles. The molecular formula is C45H42Cl2F2Zr. The molecule has 1 unspecified atom stereocenters. The average molecular weight is 783 g/mol. The molecule has 0 spiro atoms. The second-order valence-corrected chi connectivity index (χ2v) is 21.7. The van der Waals surface area contributed by atoms with Crippen molar-refractivity contribution >= 4 is 14.4 Å². The van der Waals surface area contributed by atoms with Gasteiger partial charge < -0.3 is 24.8 Å². The van der Waals surface area contributed by atoms with Gasteiger partial charge in [0.25, 0.3) is 0 Å². The maximum Gasteiger partial charge on any atom is -1.00 e. The SMILES string of the molecule is CC1=CC(C)[C]([Zr+2](=[C](c2ccc(F)cc2)c2ccc(F)cc2)[CH]2c3cc4c(cc3-c3cc5c(cc32)C(C)(C)C=C5C)C(C)=CC4(C)C)=C1.[Cl-].[Cl-]. The molecule has 50 heavy (non-hydrogen) atoms. The predicted octanol–water partition coefficient (Wildman–Crippen LogP) is 5.80. The summed E-state index contributed by atoms with van der Waals surface area (Å²) in [7, 11) is 0. The summed E-state index contributed by atoms with van der Waals surface area (Å²) in [5.41, 5.74) is 17.0. The Morgan fingerprint density at radius 1 is 0.620 bits per heavy atom. The van der Waals surface area contributed by atoms with E-state index in [-0.39, 0.29) is 50.9 Å². The van der Waals surface area contributed by atoms with E-state index in [0.29, 0.717) is 5.92 Å². The van der Waals surface area contributed by atoms with Gasteiger partial charge in [-0.2, -0.15) is 0 Å². The Kier molecular flexibility index (Phi) is 9.51. The molecule has 0 aromatic heterocycles. The molecule has 254 valence electrons. The molecule has 0 aliphatic heterocycles. The molecule has 4 aromatic rings. The van der Waals surface area contributed by atoms with E-state index in [9.17, 15) is 8.78 Å². The summed E-state index contributed by atoms with van der Waals surface area (Å²) in [6.07, 6.45) is 9.70. The third-order valence-corrected chi connectivity index (χ3v) is 19.9. The molecule has 0 radical (unpaired) electrons. The van der Waals surface area contributed by atoms with Crippen LogP contribution in [0.1, 0.15) is 104 Å². The Morgan fingerprint density at radius 2 is 1.04 bits per heavy atom. The Morgan fingerprint density at radius 3 is 1.42 bits per heavy atom. The zero-order valence-corrected chi connectivity index (χ0v) is 33.9. The summed E-state index contributed by atoms with van der Waals surface area (Å²) in [6, 6.07) is 24.2. The van der Waals surface area contributed by atoms with Crippen LogP contribution in [0, 0.1) is 17.6 Å². The number of fused-ring (bicyclic) bond motifs is 5. The molecule has 5 heteroatoms. The molecule has 1 atom stereocenters. The second-order valence-electron chi connectivity index (χ2n) is 15.6. The quantitative estimate of drug-likeness (QED) is 0.246. The summed E-state index contributed by atoms with van der Waals surface area (Å²) in [5.74, 6) is -0.190. The van der Waals surface area contributed by atoms with Gasteiger partial charge in [0.05, 0.1) is 0 Å². The predicted molar refractivity (Wildman–Crippen MR) is 194 cm³/mol. The van der Waals surface area contributed by atoms with Gasteiger partial charge in [-0.25, -0.2) is 0 Å². The average Bonchev–Trinajstić information content (AvgIpc) is 3.67. The molecule has 0 amide bonds. The van der Waals surface area contributed by atoms with Gasteiger partial charge in [0.2, 0.25) is 0 Å². The molecule has 4 aromatic carbocycles. The number of hydrogen-bond donors (Lipinski definition) is 0. The van der Waals surface area contributed by atoms with Crippen LogP contribution < -0.4 is 24.8 Å². The van der Waals surface area contributed by atoms with E-state index in [1.165, 1.54) is 67.7 Å². The van der Waals surface area contributed by atoms with Gasteiger partial charge in [-0.05, 0) is 0 Å². The first-order valence-electron chi connectivity index (χ1n) is 17.2. The van der Waals surface area contributed by atoms with E-state index in [2.05, 4.69) is 104 Å². The summed E-state index contributed by atoms with van der Waals surface area (Å²) < 4.78 is 32.0. The minimum Gasteiger partial charge on any atom is -1.00 e. The van der Waals surface area contributed by atoms with Crippen LogP contribution in [0.2, 0.25) is 0 Å². The van der Waals surface area contributed by atoms with Crippen molar-refractivity contribution in [2.24, 2.45) is 5.92 Å². The molecule has 8 rings (SSSR count). The van der Waals surface area contributed by atoms with Crippen LogP contribution in [-0.2, 0) is 32.1 Å². The van der Waals surface area contributed by atoms with Crippen LogP contribution in [0.3, 0.4) is 0 Å². The Hall–Kier alpha value is -2.97. The van der Waals surface area contributed by atoms with Crippen LogP contribution in [0.5, 0.6) is 0 Å². The minimum atomic E-state index is -3.13. The van der Waals surface area contributed by atoms with Crippen molar-refractivity contribution in [3.63, 3.8) is 0 Å². The van der Waals surface area contributed by atoms with Crippen LogP contribution in [0.15, 0.2) is 106 Å². The normalized spacial score (nSPS) is 18.6. The van der Waals surface area contributed by atoms with Crippen LogP contribution >= 0.6 is 0 Å². The van der Waals surface area contributed by atoms with Crippen molar-refractivity contribution in [1.29, 1.82) is 0 Å². The molecule has 0 fully saturated rings. The van der Waals surface area contributed by atoms with Crippen LogP contribution in [-0.4, -0.2) is 3.21 Å². The minimum absolute atomic E-state index is 0. The fourth-order valence-corrected chi connectivity index (χ4v) is 18.8. The Balaban J connectivity index is 0.00000216. The molecule has 0 N–H and O–H groups in total. The monoisotopic (exact) mass is 780 g/mol. The Bertz CT molecular complexity index is 2100. The van der Waals surface area contributed by atoms with Crippen molar-refractivity contribution in [2.75, 3.05) is 0 Å². The van der Waals surface area contributed by atoms with Crippen molar-refractivity contribution in [3.05, 3.63) is 162 Å². The largest absolute Gasteiger partial charge is 1.00 e. The Labute approximate surface area is 316 Å². The second kappa shape index (κ2) is 12.9. The van der Waals surface area contributed by atoms with E-state index in [1.54, 1.807) is 24.3 Å². The van der Waals surface area contributed by atoms with Gasteiger partial charge in [0.15, 0.2) is 0 Å². The third kappa shape index (κ3) is 5.77. The van der Waals surface area contributed by atoms with Gasteiger partial charge in [0.1, 0.15) is 0 Å². The van der Waals surface area contributed by atoms with Crippen molar-refractivity contribution < 1.29 is 54.9 Å². The number of halogens is 4. The molecule has 0 nitrogen and oxygen atoms in total. The van der Waals surface area contributed by atoms with E-state index in [1.807, 2.05) is 24.3 Å². The van der Waals surface area contributed by atoms with Crippen LogP contribution in [0.4, 0.5) is 8.78 Å². The maximum absolute atomic E-state index is 14.5. The summed E-state index contributed by atoms with van der Waals surface area (Å²) >= 11 is -3.13. The first-order valence-corrected chi connectivity index (χ1v) is 21.0. The molecule has 0 saturated carbocycles. The zero-order chi connectivity index (χ0) is 33.9. The summed E-state index contributed by atoms with van der Waals surface area (Å²) in [6.45, 7) is 18.4. The standard InChI is InChI=1S/C25H25.C13H8F2.C7H9.2ClH.Zr/c1-14-12-24(3,4)22-8-16-7-17-9-23-19(15(2)13-25(23,5)6)11-21(17)20(16)10-18(14)22;14-12-5-1-10(2-6-12)9-11-3-7-13(15)8-4-11;1-6-3-4-7(2)5-6;;;/h7-13H,1-6H3;1-8H;3,5,7H,1-2H3;2*1H;/q;;;;;+2/p-2. The van der Waals surface area contributed by atoms with E-state index < -0.39 is 21.3 Å². The van der Waals surface area contributed by atoms with Crippen molar-refractivity contribution in [3.8, 4) is 11.1 Å². The van der Waals surface area contributed by atoms with Crippen molar-refractivity contribution in [1.82, 2.24) is 0 Å². The number of rotatable bonds is 4. The molecule has 0 bridgehead atoms. The maximum atomic E-state index is 14.5. The first-order chi connectivity index (χ1) is 22.7. The number of benzene rings is 4. The topological polar surface area (TPSA) is 0 Å². The molecule has 0 saturated heterocycles. The smallest absolute Gasteiger partial charge is 1.00 e. The van der Waals surface area contributed by atoms with Gasteiger partial charge in [-0.1, -0.05) is 0 Å². The van der Waals surface area contributed by atoms with Gasteiger partial charge in [-0.15, -0.1) is 0 Å². The van der Waals surface area contributed by atoms with Gasteiger partial charge in [-0.3, -0.25) is 0 Å². The fourth-order valence-electron chi connectivity index (χ4n) is 9.17. The van der Waals surface area contributed by atoms with Gasteiger partial charge >= 0.3 is 293 Å².